The van der Waals surface area contributed by atoms with Gasteiger partial charge in [-0.15, -0.1) is 0 Å². The Balaban J connectivity index is 2.23. The van der Waals surface area contributed by atoms with Crippen molar-refractivity contribution in [3.8, 4) is 6.07 Å². The Hall–Kier alpha value is -2.55. The molecule has 17 heavy (non-hydrogen) atoms. The molecule has 0 saturated carbocycles. The molecule has 2 rings (SSSR count). The number of nitrogens with one attached hydrogen (secondary N) is 2. The van der Waals surface area contributed by atoms with Crippen LogP contribution in [0, 0.1) is 11.3 Å². The van der Waals surface area contributed by atoms with Crippen molar-refractivity contribution in [3.63, 3.8) is 0 Å². The number of nitrogen functional groups attached to an aromatic ring is 1. The standard InChI is InChI=1S/C11H12N6/c1-7(11-14-6-15-17-11)16-9-4-2-3-8(5-12)10(9)13/h2-4,6-7,16H,13H2,1H3,(H,14,15,17). The summed E-state index contributed by atoms with van der Waals surface area (Å²) in [6.45, 7) is 1.93. The number of benzene rings is 1. The molecule has 1 atom stereocenters. The number of aromatic amines is 1. The Morgan fingerprint density at radius 3 is 3.00 bits per heavy atom. The number of anilines is 2. The lowest BCUT2D eigenvalue weighted by atomic mass is 10.1. The number of rotatable bonds is 3. The molecule has 1 unspecified atom stereocenters. The van der Waals surface area contributed by atoms with Gasteiger partial charge in [0.05, 0.1) is 23.0 Å². The molecule has 1 heterocycles. The highest BCUT2D eigenvalue weighted by atomic mass is 15.2. The number of para-hydroxylation sites is 1. The molecule has 4 N–H and O–H groups in total. The van der Waals surface area contributed by atoms with Crippen LogP contribution in [0.15, 0.2) is 24.5 Å². The van der Waals surface area contributed by atoms with Crippen molar-refractivity contribution >= 4 is 11.4 Å². The van der Waals surface area contributed by atoms with Crippen LogP contribution in [0.5, 0.6) is 0 Å². The van der Waals surface area contributed by atoms with Gasteiger partial charge < -0.3 is 11.1 Å². The third-order valence-corrected chi connectivity index (χ3v) is 2.44. The van der Waals surface area contributed by atoms with Gasteiger partial charge in [0, 0.05) is 0 Å². The minimum Gasteiger partial charge on any atom is -0.396 e. The highest BCUT2D eigenvalue weighted by Crippen LogP contribution is 2.25. The first kappa shape index (κ1) is 11.0. The van der Waals surface area contributed by atoms with Crippen molar-refractivity contribution in [3.05, 3.63) is 35.9 Å². The number of nitrogens with zero attached hydrogens (tertiary/aromatic N) is 3. The van der Waals surface area contributed by atoms with Crippen LogP contribution < -0.4 is 11.1 Å². The van der Waals surface area contributed by atoms with E-state index in [-0.39, 0.29) is 6.04 Å². The van der Waals surface area contributed by atoms with Gasteiger partial charge in [0.1, 0.15) is 18.2 Å². The molecule has 2 aromatic rings. The van der Waals surface area contributed by atoms with Gasteiger partial charge in [0.2, 0.25) is 0 Å². The highest BCUT2D eigenvalue weighted by Gasteiger charge is 2.11. The van der Waals surface area contributed by atoms with Crippen LogP contribution in [0.3, 0.4) is 0 Å². The van der Waals surface area contributed by atoms with E-state index in [1.165, 1.54) is 6.33 Å². The molecule has 0 aliphatic heterocycles. The third kappa shape index (κ3) is 2.18. The van der Waals surface area contributed by atoms with Gasteiger partial charge in [0.15, 0.2) is 0 Å². The van der Waals surface area contributed by atoms with Crippen LogP contribution in [-0.4, -0.2) is 15.2 Å². The first-order chi connectivity index (χ1) is 8.22. The van der Waals surface area contributed by atoms with Crippen molar-refractivity contribution in [1.82, 2.24) is 15.2 Å². The van der Waals surface area contributed by atoms with E-state index < -0.39 is 0 Å². The Morgan fingerprint density at radius 2 is 2.35 bits per heavy atom. The van der Waals surface area contributed by atoms with E-state index in [4.69, 9.17) is 11.0 Å². The number of hydrogen-bond donors (Lipinski definition) is 3. The number of aromatic nitrogens is 3. The molecule has 1 aromatic carbocycles. The van der Waals surface area contributed by atoms with E-state index in [0.717, 1.165) is 0 Å². The zero-order chi connectivity index (χ0) is 12.3. The number of nitriles is 1. The Bertz CT molecular complexity index is 540. The minimum absolute atomic E-state index is 0.0613. The fourth-order valence-corrected chi connectivity index (χ4v) is 1.51. The molecule has 0 saturated heterocycles. The van der Waals surface area contributed by atoms with E-state index in [1.54, 1.807) is 12.1 Å². The van der Waals surface area contributed by atoms with E-state index in [2.05, 4.69) is 20.5 Å². The van der Waals surface area contributed by atoms with Crippen molar-refractivity contribution in [2.75, 3.05) is 11.1 Å². The van der Waals surface area contributed by atoms with Gasteiger partial charge in [-0.1, -0.05) is 6.07 Å². The normalized spacial score (nSPS) is 11.8. The summed E-state index contributed by atoms with van der Waals surface area (Å²) in [6.07, 6.45) is 1.45. The van der Waals surface area contributed by atoms with Crippen LogP contribution in [-0.2, 0) is 0 Å². The summed E-state index contributed by atoms with van der Waals surface area (Å²) in [5.74, 6) is 0.715. The monoisotopic (exact) mass is 228 g/mol. The van der Waals surface area contributed by atoms with Crippen LogP contribution in [0.2, 0.25) is 0 Å². The molecule has 1 aromatic heterocycles. The average molecular weight is 228 g/mol. The predicted molar refractivity (Wildman–Crippen MR) is 64.0 cm³/mol. The SMILES string of the molecule is CC(Nc1cccc(C#N)c1N)c1ncn[nH]1. The van der Waals surface area contributed by atoms with Gasteiger partial charge in [-0.25, -0.2) is 4.98 Å². The summed E-state index contributed by atoms with van der Waals surface area (Å²) in [5.41, 5.74) is 7.48. The summed E-state index contributed by atoms with van der Waals surface area (Å²) < 4.78 is 0. The molecule has 0 amide bonds. The molecule has 0 aliphatic carbocycles. The second-order valence-corrected chi connectivity index (χ2v) is 3.62. The molecule has 0 radical (unpaired) electrons. The quantitative estimate of drug-likeness (QED) is 0.689. The first-order valence-corrected chi connectivity index (χ1v) is 5.12. The van der Waals surface area contributed by atoms with Crippen LogP contribution in [0.25, 0.3) is 0 Å². The largest absolute Gasteiger partial charge is 0.396 e. The van der Waals surface area contributed by atoms with E-state index in [9.17, 15) is 0 Å². The number of nitrogens with two attached hydrogens (primary N) is 1. The van der Waals surface area contributed by atoms with E-state index >= 15 is 0 Å². The molecular formula is C11H12N6. The zero-order valence-corrected chi connectivity index (χ0v) is 9.31. The van der Waals surface area contributed by atoms with Crippen molar-refractivity contribution in [2.45, 2.75) is 13.0 Å². The van der Waals surface area contributed by atoms with Gasteiger partial charge in [-0.05, 0) is 19.1 Å². The topological polar surface area (TPSA) is 103 Å². The summed E-state index contributed by atoms with van der Waals surface area (Å²) in [6, 6.07) is 7.27. The summed E-state index contributed by atoms with van der Waals surface area (Å²) in [4.78, 5) is 4.05. The molecule has 0 aliphatic rings. The van der Waals surface area contributed by atoms with Crippen molar-refractivity contribution in [2.24, 2.45) is 0 Å². The van der Waals surface area contributed by atoms with Gasteiger partial charge >= 0.3 is 0 Å². The smallest absolute Gasteiger partial charge is 0.146 e. The lowest BCUT2D eigenvalue weighted by Crippen LogP contribution is -2.10. The Kier molecular flexibility index (Phi) is 2.92. The van der Waals surface area contributed by atoms with Crippen molar-refractivity contribution in [1.29, 1.82) is 5.26 Å². The molecule has 6 nitrogen and oxygen atoms in total. The second kappa shape index (κ2) is 4.53. The zero-order valence-electron chi connectivity index (χ0n) is 9.31. The van der Waals surface area contributed by atoms with E-state index in [0.29, 0.717) is 22.8 Å². The molecule has 0 fully saturated rings. The molecule has 6 heteroatoms. The second-order valence-electron chi connectivity index (χ2n) is 3.62. The lowest BCUT2D eigenvalue weighted by molar-refractivity contribution is 0.796. The molecule has 0 bridgehead atoms. The molecule has 86 valence electrons. The fraction of sp³-hybridized carbons (Fsp3) is 0.182. The van der Waals surface area contributed by atoms with Gasteiger partial charge in [0.25, 0.3) is 0 Å². The average Bonchev–Trinajstić information content (AvgIpc) is 2.85. The lowest BCUT2D eigenvalue weighted by Gasteiger charge is -2.14. The Morgan fingerprint density at radius 1 is 1.53 bits per heavy atom. The first-order valence-electron chi connectivity index (χ1n) is 5.12. The van der Waals surface area contributed by atoms with Crippen LogP contribution in [0.4, 0.5) is 11.4 Å². The molecule has 0 spiro atoms. The maximum atomic E-state index is 8.87. The summed E-state index contributed by atoms with van der Waals surface area (Å²) in [5, 5.41) is 18.6. The molecular weight excluding hydrogens is 216 g/mol. The highest BCUT2D eigenvalue weighted by molar-refractivity contribution is 5.73. The summed E-state index contributed by atoms with van der Waals surface area (Å²) in [7, 11) is 0. The van der Waals surface area contributed by atoms with Crippen molar-refractivity contribution < 1.29 is 0 Å². The Labute approximate surface area is 98.5 Å². The van der Waals surface area contributed by atoms with Crippen LogP contribution in [0.1, 0.15) is 24.4 Å². The summed E-state index contributed by atoms with van der Waals surface area (Å²) >= 11 is 0. The maximum absolute atomic E-state index is 8.87. The minimum atomic E-state index is -0.0613. The van der Waals surface area contributed by atoms with Gasteiger partial charge in [-0.2, -0.15) is 10.4 Å². The van der Waals surface area contributed by atoms with Crippen LogP contribution >= 0.6 is 0 Å². The number of H-pyrrole nitrogens is 1. The van der Waals surface area contributed by atoms with E-state index in [1.807, 2.05) is 19.1 Å². The predicted octanol–water partition coefficient (Wildman–Crippen LogP) is 1.43. The maximum Gasteiger partial charge on any atom is 0.146 e. The van der Waals surface area contributed by atoms with Gasteiger partial charge in [-0.3, -0.25) is 5.10 Å². The number of hydrogen-bond acceptors (Lipinski definition) is 5. The third-order valence-electron chi connectivity index (χ3n) is 2.44. The fourth-order valence-electron chi connectivity index (χ4n) is 1.51.